The van der Waals surface area contributed by atoms with Crippen molar-refractivity contribution in [3.8, 4) is 5.88 Å². The van der Waals surface area contributed by atoms with E-state index in [2.05, 4.69) is 10.4 Å². The van der Waals surface area contributed by atoms with E-state index in [-0.39, 0.29) is 6.04 Å². The highest BCUT2D eigenvalue weighted by Gasteiger charge is 2.29. The summed E-state index contributed by atoms with van der Waals surface area (Å²) in [4.78, 5) is 11.4. The summed E-state index contributed by atoms with van der Waals surface area (Å²) in [5.74, 6) is -0.444. The second-order valence-corrected chi connectivity index (χ2v) is 4.38. The van der Waals surface area contributed by atoms with Crippen LogP contribution in [0.25, 0.3) is 0 Å². The van der Waals surface area contributed by atoms with E-state index in [1.165, 1.54) is 7.11 Å². The Hall–Kier alpha value is -1.56. The Morgan fingerprint density at radius 3 is 2.67 bits per heavy atom. The third kappa shape index (κ3) is 2.81. The van der Waals surface area contributed by atoms with Crippen LogP contribution in [0.4, 0.5) is 0 Å². The number of hydrogen-bond donors (Lipinski definition) is 2. The average molecular weight is 255 g/mol. The first-order valence-corrected chi connectivity index (χ1v) is 5.98. The van der Waals surface area contributed by atoms with Gasteiger partial charge in [-0.3, -0.25) is 10.1 Å². The molecule has 0 saturated heterocycles. The maximum atomic E-state index is 11.4. The molecule has 0 amide bonds. The van der Waals surface area contributed by atoms with Gasteiger partial charge in [-0.05, 0) is 20.3 Å². The normalized spacial score (nSPS) is 14.3. The van der Waals surface area contributed by atoms with E-state index in [0.29, 0.717) is 17.1 Å². The Kier molecular flexibility index (Phi) is 4.72. The number of carboxylic acid groups (broad SMARTS) is 1. The van der Waals surface area contributed by atoms with E-state index in [1.807, 2.05) is 13.8 Å². The van der Waals surface area contributed by atoms with Crippen molar-refractivity contribution in [2.75, 3.05) is 7.11 Å². The summed E-state index contributed by atoms with van der Waals surface area (Å²) in [6, 6.07) is -0.695. The highest BCUT2D eigenvalue weighted by molar-refractivity contribution is 5.77. The van der Waals surface area contributed by atoms with Crippen LogP contribution in [0.1, 0.15) is 37.6 Å². The van der Waals surface area contributed by atoms with Gasteiger partial charge in [0.25, 0.3) is 0 Å². The van der Waals surface area contributed by atoms with Crippen LogP contribution in [-0.4, -0.2) is 34.0 Å². The number of carboxylic acids is 1. The van der Waals surface area contributed by atoms with Crippen molar-refractivity contribution in [2.45, 2.75) is 39.3 Å². The van der Waals surface area contributed by atoms with Gasteiger partial charge in [-0.25, -0.2) is 4.68 Å². The van der Waals surface area contributed by atoms with Crippen LogP contribution in [0.5, 0.6) is 5.88 Å². The number of aliphatic carboxylic acids is 1. The molecule has 0 bridgehead atoms. The lowest BCUT2D eigenvalue weighted by molar-refractivity contribution is -0.140. The van der Waals surface area contributed by atoms with Gasteiger partial charge in [0.2, 0.25) is 5.88 Å². The number of nitrogens with one attached hydrogen (secondary N) is 1. The molecule has 1 aromatic heterocycles. The minimum atomic E-state index is -0.926. The lowest BCUT2D eigenvalue weighted by Crippen LogP contribution is -2.35. The topological polar surface area (TPSA) is 76.4 Å². The summed E-state index contributed by atoms with van der Waals surface area (Å²) < 4.78 is 6.79. The minimum absolute atomic E-state index is 0.107. The number of nitrogens with zero attached hydrogens (tertiary/aromatic N) is 2. The first-order valence-electron chi connectivity index (χ1n) is 5.98. The smallest absolute Gasteiger partial charge is 0.325 e. The van der Waals surface area contributed by atoms with Gasteiger partial charge < -0.3 is 9.84 Å². The van der Waals surface area contributed by atoms with Crippen LogP contribution < -0.4 is 10.1 Å². The summed E-state index contributed by atoms with van der Waals surface area (Å²) in [6.07, 6.45) is 0.853. The predicted octanol–water partition coefficient (Wildman–Crippen LogP) is 1.25. The Morgan fingerprint density at radius 1 is 1.61 bits per heavy atom. The number of aryl methyl sites for hydroxylation is 2. The molecule has 2 atom stereocenters. The van der Waals surface area contributed by atoms with E-state index in [4.69, 9.17) is 4.74 Å². The van der Waals surface area contributed by atoms with E-state index in [1.54, 1.807) is 18.7 Å². The molecule has 0 aromatic carbocycles. The van der Waals surface area contributed by atoms with Crippen molar-refractivity contribution >= 4 is 5.97 Å². The third-order valence-corrected chi connectivity index (χ3v) is 3.01. The fraction of sp³-hybridized carbons (Fsp3) is 0.667. The number of methoxy groups -OCH3 is 1. The van der Waals surface area contributed by atoms with Gasteiger partial charge >= 0.3 is 5.97 Å². The number of carbonyl (C=O) groups is 1. The van der Waals surface area contributed by atoms with Gasteiger partial charge in [0.05, 0.1) is 18.4 Å². The largest absolute Gasteiger partial charge is 0.481 e. The molecule has 2 unspecified atom stereocenters. The molecule has 18 heavy (non-hydrogen) atoms. The van der Waals surface area contributed by atoms with Crippen molar-refractivity contribution in [3.05, 3.63) is 11.3 Å². The zero-order valence-corrected chi connectivity index (χ0v) is 11.5. The molecule has 102 valence electrons. The predicted molar refractivity (Wildman–Crippen MR) is 67.8 cm³/mol. The number of aromatic nitrogens is 2. The fourth-order valence-corrected chi connectivity index (χ4v) is 1.91. The highest BCUT2D eigenvalue weighted by atomic mass is 16.5. The number of ether oxygens (including phenoxy) is 1. The average Bonchev–Trinajstić information content (AvgIpc) is 2.59. The van der Waals surface area contributed by atoms with Gasteiger partial charge in [0.15, 0.2) is 0 Å². The molecule has 0 aliphatic heterocycles. The van der Waals surface area contributed by atoms with E-state index in [9.17, 15) is 9.90 Å². The zero-order valence-electron chi connectivity index (χ0n) is 11.5. The van der Waals surface area contributed by atoms with Gasteiger partial charge in [-0.1, -0.05) is 6.92 Å². The molecule has 0 fully saturated rings. The van der Waals surface area contributed by atoms with Crippen LogP contribution in [-0.2, 0) is 11.8 Å². The third-order valence-electron chi connectivity index (χ3n) is 3.01. The fourth-order valence-electron chi connectivity index (χ4n) is 1.91. The van der Waals surface area contributed by atoms with Crippen molar-refractivity contribution < 1.29 is 14.6 Å². The lowest BCUT2D eigenvalue weighted by Gasteiger charge is -2.19. The van der Waals surface area contributed by atoms with Crippen molar-refractivity contribution in [1.29, 1.82) is 0 Å². The van der Waals surface area contributed by atoms with Crippen LogP contribution in [0.3, 0.4) is 0 Å². The number of hydrogen-bond acceptors (Lipinski definition) is 4. The van der Waals surface area contributed by atoms with Gasteiger partial charge in [-0.15, -0.1) is 0 Å². The molecule has 0 spiro atoms. The van der Waals surface area contributed by atoms with Crippen molar-refractivity contribution in [3.63, 3.8) is 0 Å². The quantitative estimate of drug-likeness (QED) is 0.800. The molecule has 2 N–H and O–H groups in total. The summed E-state index contributed by atoms with van der Waals surface area (Å²) in [7, 11) is 3.25. The monoisotopic (exact) mass is 255 g/mol. The molecule has 6 nitrogen and oxygen atoms in total. The Morgan fingerprint density at radius 2 is 2.22 bits per heavy atom. The first kappa shape index (κ1) is 14.5. The second kappa shape index (κ2) is 5.86. The summed E-state index contributed by atoms with van der Waals surface area (Å²) in [5, 5.41) is 16.7. The Labute approximate surface area is 107 Å². The molecule has 0 aliphatic rings. The molecule has 1 heterocycles. The Balaban J connectivity index is 3.17. The van der Waals surface area contributed by atoms with Crippen LogP contribution in [0.15, 0.2) is 0 Å². The highest BCUT2D eigenvalue weighted by Crippen LogP contribution is 2.28. The molecule has 0 saturated carbocycles. The zero-order chi connectivity index (χ0) is 13.9. The van der Waals surface area contributed by atoms with E-state index >= 15 is 0 Å². The molecular formula is C12H21N3O3. The summed E-state index contributed by atoms with van der Waals surface area (Å²) in [6.45, 7) is 5.74. The number of rotatable bonds is 6. The van der Waals surface area contributed by atoms with Gasteiger partial charge in [-0.2, -0.15) is 5.10 Å². The Bertz CT molecular complexity index is 428. The van der Waals surface area contributed by atoms with E-state index in [0.717, 1.165) is 6.42 Å². The molecule has 0 aliphatic carbocycles. The van der Waals surface area contributed by atoms with Crippen LogP contribution >= 0.6 is 0 Å². The van der Waals surface area contributed by atoms with Gasteiger partial charge in [0, 0.05) is 13.1 Å². The minimum Gasteiger partial charge on any atom is -0.481 e. The molecule has 0 radical (unpaired) electrons. The maximum Gasteiger partial charge on any atom is 0.325 e. The van der Waals surface area contributed by atoms with Crippen LogP contribution in [0, 0.1) is 6.92 Å². The maximum absolute atomic E-state index is 11.4. The summed E-state index contributed by atoms with van der Waals surface area (Å²) >= 11 is 0. The molecule has 1 aromatic rings. The van der Waals surface area contributed by atoms with Gasteiger partial charge in [0.1, 0.15) is 6.04 Å². The molecular weight excluding hydrogens is 234 g/mol. The lowest BCUT2D eigenvalue weighted by atomic mass is 10.1. The second-order valence-electron chi connectivity index (χ2n) is 4.38. The standard InChI is InChI=1S/C12H21N3O3/c1-6-7(2)13-10(12(16)17)9-8(3)14-15(4)11(9)18-5/h7,10,13H,6H2,1-5H3,(H,16,17). The van der Waals surface area contributed by atoms with Crippen molar-refractivity contribution in [1.82, 2.24) is 15.1 Å². The summed E-state index contributed by atoms with van der Waals surface area (Å²) in [5.41, 5.74) is 1.25. The van der Waals surface area contributed by atoms with E-state index < -0.39 is 12.0 Å². The van der Waals surface area contributed by atoms with Crippen molar-refractivity contribution in [2.24, 2.45) is 7.05 Å². The first-order chi connectivity index (χ1) is 8.42. The molecule has 6 heteroatoms. The SMILES string of the molecule is CCC(C)NC(C(=O)O)c1c(C)nn(C)c1OC. The van der Waals surface area contributed by atoms with Crippen LogP contribution in [0.2, 0.25) is 0 Å². The molecule has 1 rings (SSSR count).